The zero-order chi connectivity index (χ0) is 12.4. The lowest BCUT2D eigenvalue weighted by molar-refractivity contribution is 0.155. The summed E-state index contributed by atoms with van der Waals surface area (Å²) in [6.45, 7) is 4.58. The molecule has 0 fully saturated rings. The van der Waals surface area contributed by atoms with Gasteiger partial charge < -0.3 is 5.32 Å². The van der Waals surface area contributed by atoms with Crippen LogP contribution in [0.3, 0.4) is 0 Å². The summed E-state index contributed by atoms with van der Waals surface area (Å²) in [5, 5.41) is 3.49. The lowest BCUT2D eigenvalue weighted by Gasteiger charge is -2.34. The van der Waals surface area contributed by atoms with Gasteiger partial charge in [0.2, 0.25) is 0 Å². The van der Waals surface area contributed by atoms with Gasteiger partial charge in [0, 0.05) is 18.1 Å². The van der Waals surface area contributed by atoms with Gasteiger partial charge in [0.25, 0.3) is 0 Å². The first-order valence-corrected chi connectivity index (χ1v) is 6.66. The Morgan fingerprint density at radius 1 is 1.41 bits per heavy atom. The molecule has 2 nitrogen and oxygen atoms in total. The van der Waals surface area contributed by atoms with Crippen molar-refractivity contribution in [1.29, 1.82) is 0 Å². The standard InChI is InChI=1S/C15H24N2/c1-5-11(2)17(4)14-10-12-8-6-7-9-13(12)15(14)16-3/h6-9,11,14-16H,5,10H2,1-4H3. The van der Waals surface area contributed by atoms with Gasteiger partial charge in [-0.1, -0.05) is 31.2 Å². The second-order valence-electron chi connectivity index (χ2n) is 5.16. The van der Waals surface area contributed by atoms with Crippen LogP contribution in [-0.2, 0) is 6.42 Å². The van der Waals surface area contributed by atoms with E-state index in [4.69, 9.17) is 0 Å². The number of rotatable bonds is 4. The second-order valence-corrected chi connectivity index (χ2v) is 5.16. The Labute approximate surface area is 105 Å². The Kier molecular flexibility index (Phi) is 3.85. The smallest absolute Gasteiger partial charge is 0.0481 e. The number of fused-ring (bicyclic) bond motifs is 1. The molecule has 1 N–H and O–H groups in total. The quantitative estimate of drug-likeness (QED) is 0.858. The summed E-state index contributed by atoms with van der Waals surface area (Å²) in [6.07, 6.45) is 2.38. The van der Waals surface area contributed by atoms with Crippen molar-refractivity contribution >= 4 is 0 Å². The summed E-state index contributed by atoms with van der Waals surface area (Å²) in [5.41, 5.74) is 2.99. The molecule has 1 aromatic rings. The second kappa shape index (κ2) is 5.19. The van der Waals surface area contributed by atoms with Crippen molar-refractivity contribution in [3.8, 4) is 0 Å². The molecule has 1 aliphatic carbocycles. The molecule has 1 aliphatic rings. The van der Waals surface area contributed by atoms with Gasteiger partial charge in [-0.15, -0.1) is 0 Å². The van der Waals surface area contributed by atoms with E-state index in [-0.39, 0.29) is 0 Å². The Bertz CT molecular complexity index is 375. The highest BCUT2D eigenvalue weighted by molar-refractivity contribution is 5.37. The molecule has 0 saturated heterocycles. The molecule has 0 amide bonds. The third kappa shape index (κ3) is 2.24. The monoisotopic (exact) mass is 232 g/mol. The minimum Gasteiger partial charge on any atom is -0.312 e. The highest BCUT2D eigenvalue weighted by atomic mass is 15.2. The van der Waals surface area contributed by atoms with E-state index < -0.39 is 0 Å². The molecule has 0 aromatic heterocycles. The molecule has 1 aromatic carbocycles. The average molecular weight is 232 g/mol. The molecule has 2 heteroatoms. The van der Waals surface area contributed by atoms with Crippen LogP contribution >= 0.6 is 0 Å². The van der Waals surface area contributed by atoms with Crippen LogP contribution in [0, 0.1) is 0 Å². The Morgan fingerprint density at radius 2 is 2.12 bits per heavy atom. The molecule has 0 spiro atoms. The first-order chi connectivity index (χ1) is 8.19. The van der Waals surface area contributed by atoms with Crippen molar-refractivity contribution in [2.24, 2.45) is 0 Å². The van der Waals surface area contributed by atoms with Crippen LogP contribution < -0.4 is 5.32 Å². The van der Waals surface area contributed by atoms with Gasteiger partial charge in [-0.2, -0.15) is 0 Å². The SMILES string of the molecule is CCC(C)N(C)C1Cc2ccccc2C1NC. The molecule has 0 heterocycles. The molecule has 0 bridgehead atoms. The van der Waals surface area contributed by atoms with Gasteiger partial charge in [-0.25, -0.2) is 0 Å². The number of nitrogens with zero attached hydrogens (tertiary/aromatic N) is 1. The van der Waals surface area contributed by atoms with E-state index in [1.54, 1.807) is 0 Å². The van der Waals surface area contributed by atoms with Crippen molar-refractivity contribution in [1.82, 2.24) is 10.2 Å². The van der Waals surface area contributed by atoms with Gasteiger partial charge in [0.15, 0.2) is 0 Å². The normalized spacial score (nSPS) is 25.0. The van der Waals surface area contributed by atoms with Crippen LogP contribution in [0.15, 0.2) is 24.3 Å². The Balaban J connectivity index is 2.23. The molecule has 0 saturated carbocycles. The Morgan fingerprint density at radius 3 is 2.76 bits per heavy atom. The van der Waals surface area contributed by atoms with E-state index in [0.717, 1.165) is 0 Å². The average Bonchev–Trinajstić information content (AvgIpc) is 2.75. The van der Waals surface area contributed by atoms with E-state index in [1.165, 1.54) is 24.0 Å². The van der Waals surface area contributed by atoms with Crippen molar-refractivity contribution in [2.75, 3.05) is 14.1 Å². The molecular weight excluding hydrogens is 208 g/mol. The van der Waals surface area contributed by atoms with Crippen LogP contribution in [0.4, 0.5) is 0 Å². The Hall–Kier alpha value is -0.860. The fraction of sp³-hybridized carbons (Fsp3) is 0.600. The summed E-state index contributed by atoms with van der Waals surface area (Å²) in [4.78, 5) is 2.53. The molecule has 3 unspecified atom stereocenters. The van der Waals surface area contributed by atoms with Crippen LogP contribution in [0.5, 0.6) is 0 Å². The predicted molar refractivity (Wildman–Crippen MR) is 73.3 cm³/mol. The first-order valence-electron chi connectivity index (χ1n) is 6.66. The molecule has 0 radical (unpaired) electrons. The lowest BCUT2D eigenvalue weighted by atomic mass is 10.0. The lowest BCUT2D eigenvalue weighted by Crippen LogP contribution is -2.44. The maximum Gasteiger partial charge on any atom is 0.0481 e. The minimum absolute atomic E-state index is 0.477. The first kappa shape index (κ1) is 12.6. The number of benzene rings is 1. The van der Waals surface area contributed by atoms with Crippen LogP contribution in [0.1, 0.15) is 37.4 Å². The summed E-state index contributed by atoms with van der Waals surface area (Å²) in [7, 11) is 4.33. The number of nitrogens with one attached hydrogen (secondary N) is 1. The fourth-order valence-electron chi connectivity index (χ4n) is 2.92. The largest absolute Gasteiger partial charge is 0.312 e. The van der Waals surface area contributed by atoms with Gasteiger partial charge in [0.1, 0.15) is 0 Å². The van der Waals surface area contributed by atoms with Crippen molar-refractivity contribution in [3.63, 3.8) is 0 Å². The van der Waals surface area contributed by atoms with E-state index in [9.17, 15) is 0 Å². The van der Waals surface area contributed by atoms with Crippen LogP contribution in [0.2, 0.25) is 0 Å². The van der Waals surface area contributed by atoms with Gasteiger partial charge in [-0.3, -0.25) is 4.90 Å². The molecule has 3 atom stereocenters. The topological polar surface area (TPSA) is 15.3 Å². The molecular formula is C15H24N2. The molecule has 0 aliphatic heterocycles. The maximum atomic E-state index is 3.49. The predicted octanol–water partition coefficient (Wildman–Crippen LogP) is 2.60. The summed E-state index contributed by atoms with van der Waals surface area (Å²) in [6, 6.07) is 10.5. The summed E-state index contributed by atoms with van der Waals surface area (Å²) < 4.78 is 0. The number of likely N-dealkylation sites (N-methyl/N-ethyl adjacent to an activating group) is 2. The number of hydrogen-bond donors (Lipinski definition) is 1. The molecule has 2 rings (SSSR count). The third-order valence-corrected chi connectivity index (χ3v) is 4.32. The highest BCUT2D eigenvalue weighted by Crippen LogP contribution is 2.34. The van der Waals surface area contributed by atoms with Crippen LogP contribution in [0.25, 0.3) is 0 Å². The van der Waals surface area contributed by atoms with E-state index in [1.807, 2.05) is 0 Å². The zero-order valence-electron chi connectivity index (χ0n) is 11.4. The maximum absolute atomic E-state index is 3.49. The number of hydrogen-bond acceptors (Lipinski definition) is 2. The summed E-state index contributed by atoms with van der Waals surface area (Å²) >= 11 is 0. The minimum atomic E-state index is 0.477. The van der Waals surface area contributed by atoms with Gasteiger partial charge >= 0.3 is 0 Å². The third-order valence-electron chi connectivity index (χ3n) is 4.32. The summed E-state index contributed by atoms with van der Waals surface area (Å²) in [5.74, 6) is 0. The highest BCUT2D eigenvalue weighted by Gasteiger charge is 2.34. The van der Waals surface area contributed by atoms with Crippen molar-refractivity contribution in [2.45, 2.75) is 44.8 Å². The van der Waals surface area contributed by atoms with Crippen LogP contribution in [-0.4, -0.2) is 31.1 Å². The van der Waals surface area contributed by atoms with E-state index in [0.29, 0.717) is 18.1 Å². The van der Waals surface area contributed by atoms with Crippen molar-refractivity contribution < 1.29 is 0 Å². The van der Waals surface area contributed by atoms with Crippen molar-refractivity contribution in [3.05, 3.63) is 35.4 Å². The molecule has 17 heavy (non-hydrogen) atoms. The van der Waals surface area contributed by atoms with Gasteiger partial charge in [-0.05, 0) is 45.0 Å². The fourth-order valence-corrected chi connectivity index (χ4v) is 2.92. The molecule has 94 valence electrons. The zero-order valence-corrected chi connectivity index (χ0v) is 11.4. The van der Waals surface area contributed by atoms with E-state index in [2.05, 4.69) is 62.4 Å². The van der Waals surface area contributed by atoms with E-state index >= 15 is 0 Å². The van der Waals surface area contributed by atoms with Gasteiger partial charge in [0.05, 0.1) is 0 Å².